The molecule has 0 spiro atoms. The van der Waals surface area contributed by atoms with Crippen LogP contribution in [0.2, 0.25) is 5.28 Å². The quantitative estimate of drug-likeness (QED) is 0.768. The van der Waals surface area contributed by atoms with E-state index >= 15 is 0 Å². The van der Waals surface area contributed by atoms with E-state index in [0.29, 0.717) is 30.5 Å². The fourth-order valence-electron chi connectivity index (χ4n) is 2.70. The molecular weight excluding hydrogens is 288 g/mol. The van der Waals surface area contributed by atoms with Crippen LogP contribution in [0, 0.1) is 5.92 Å². The lowest BCUT2D eigenvalue weighted by Crippen LogP contribution is -2.36. The molecule has 0 unspecified atom stereocenters. The number of hydrogen-bond acceptors (Lipinski definition) is 5. The van der Waals surface area contributed by atoms with Crippen molar-refractivity contribution in [3.05, 3.63) is 5.28 Å². The van der Waals surface area contributed by atoms with Gasteiger partial charge in [-0.3, -0.25) is 0 Å². The van der Waals surface area contributed by atoms with E-state index in [1.165, 1.54) is 25.7 Å². The first-order chi connectivity index (χ1) is 10.1. The average molecular weight is 313 g/mol. The minimum Gasteiger partial charge on any atom is -0.464 e. The number of nitrogens with zero attached hydrogens (tertiary/aromatic N) is 4. The fourth-order valence-corrected chi connectivity index (χ4v) is 2.85. The van der Waals surface area contributed by atoms with E-state index in [9.17, 15) is 0 Å². The third-order valence-electron chi connectivity index (χ3n) is 3.82. The lowest BCUT2D eigenvalue weighted by molar-refractivity contribution is 0.311. The van der Waals surface area contributed by atoms with Gasteiger partial charge in [0.2, 0.25) is 11.2 Å². The lowest BCUT2D eigenvalue weighted by atomic mass is 10.1. The SMILES string of the molecule is CCOc1nc(Cl)nc(N(CCC(C)C)C2CCCC2)n1. The van der Waals surface area contributed by atoms with Crippen LogP contribution in [-0.4, -0.2) is 34.1 Å². The molecule has 118 valence electrons. The molecule has 2 rings (SSSR count). The summed E-state index contributed by atoms with van der Waals surface area (Å²) in [6, 6.07) is 0.830. The summed E-state index contributed by atoms with van der Waals surface area (Å²) in [6.07, 6.45) is 6.07. The number of ether oxygens (including phenoxy) is 1. The van der Waals surface area contributed by atoms with Gasteiger partial charge in [0.15, 0.2) is 0 Å². The molecule has 0 amide bonds. The number of rotatable bonds is 7. The van der Waals surface area contributed by atoms with Crippen molar-refractivity contribution in [2.45, 2.75) is 58.9 Å². The maximum atomic E-state index is 6.03. The van der Waals surface area contributed by atoms with Crippen molar-refractivity contribution in [3.8, 4) is 6.01 Å². The average Bonchev–Trinajstić information content (AvgIpc) is 2.92. The van der Waals surface area contributed by atoms with Gasteiger partial charge in [-0.15, -0.1) is 0 Å². The second kappa shape index (κ2) is 7.78. The van der Waals surface area contributed by atoms with Gasteiger partial charge in [-0.2, -0.15) is 15.0 Å². The van der Waals surface area contributed by atoms with Crippen LogP contribution in [0.5, 0.6) is 6.01 Å². The van der Waals surface area contributed by atoms with Crippen molar-refractivity contribution in [1.82, 2.24) is 15.0 Å². The van der Waals surface area contributed by atoms with Crippen LogP contribution >= 0.6 is 11.6 Å². The zero-order valence-electron chi connectivity index (χ0n) is 13.2. The van der Waals surface area contributed by atoms with Gasteiger partial charge >= 0.3 is 6.01 Å². The molecule has 0 atom stereocenters. The van der Waals surface area contributed by atoms with Gasteiger partial charge in [0.1, 0.15) is 0 Å². The summed E-state index contributed by atoms with van der Waals surface area (Å²) in [5.41, 5.74) is 0. The predicted octanol–water partition coefficient (Wildman–Crippen LogP) is 3.72. The second-order valence-electron chi connectivity index (χ2n) is 5.93. The van der Waals surface area contributed by atoms with Crippen LogP contribution in [0.15, 0.2) is 0 Å². The van der Waals surface area contributed by atoms with E-state index in [-0.39, 0.29) is 5.28 Å². The molecule has 5 nitrogen and oxygen atoms in total. The van der Waals surface area contributed by atoms with Crippen LogP contribution in [0.1, 0.15) is 52.9 Å². The minimum atomic E-state index is 0.205. The summed E-state index contributed by atoms with van der Waals surface area (Å²) in [6.45, 7) is 7.85. The molecule has 21 heavy (non-hydrogen) atoms. The summed E-state index contributed by atoms with van der Waals surface area (Å²) < 4.78 is 5.39. The molecule has 1 saturated carbocycles. The zero-order valence-corrected chi connectivity index (χ0v) is 13.9. The van der Waals surface area contributed by atoms with Gasteiger partial charge in [0.25, 0.3) is 0 Å². The fraction of sp³-hybridized carbons (Fsp3) is 0.800. The Morgan fingerprint density at radius 3 is 2.57 bits per heavy atom. The maximum absolute atomic E-state index is 6.03. The van der Waals surface area contributed by atoms with Crippen molar-refractivity contribution in [1.29, 1.82) is 0 Å². The molecule has 0 bridgehead atoms. The molecular formula is C15H25ClN4O. The van der Waals surface area contributed by atoms with Crippen LogP contribution in [0.4, 0.5) is 5.95 Å². The lowest BCUT2D eigenvalue weighted by Gasteiger charge is -2.29. The third-order valence-corrected chi connectivity index (χ3v) is 3.99. The molecule has 1 fully saturated rings. The summed E-state index contributed by atoms with van der Waals surface area (Å²) >= 11 is 6.03. The zero-order chi connectivity index (χ0) is 15.2. The molecule has 0 N–H and O–H groups in total. The van der Waals surface area contributed by atoms with Crippen molar-refractivity contribution in [3.63, 3.8) is 0 Å². The molecule has 1 aromatic heterocycles. The normalized spacial score (nSPS) is 15.7. The molecule has 1 aromatic rings. The molecule has 0 aromatic carbocycles. The maximum Gasteiger partial charge on any atom is 0.322 e. The highest BCUT2D eigenvalue weighted by atomic mass is 35.5. The highest BCUT2D eigenvalue weighted by molar-refractivity contribution is 6.28. The van der Waals surface area contributed by atoms with E-state index in [1.54, 1.807) is 0 Å². The van der Waals surface area contributed by atoms with Crippen molar-refractivity contribution >= 4 is 17.5 Å². The first-order valence-electron chi connectivity index (χ1n) is 7.91. The molecule has 0 saturated heterocycles. The monoisotopic (exact) mass is 312 g/mol. The van der Waals surface area contributed by atoms with Gasteiger partial charge in [-0.1, -0.05) is 26.7 Å². The number of anilines is 1. The Morgan fingerprint density at radius 1 is 1.24 bits per heavy atom. The molecule has 0 radical (unpaired) electrons. The van der Waals surface area contributed by atoms with Gasteiger partial charge in [-0.25, -0.2) is 0 Å². The van der Waals surface area contributed by atoms with Crippen molar-refractivity contribution < 1.29 is 4.74 Å². The van der Waals surface area contributed by atoms with Crippen LogP contribution in [0.25, 0.3) is 0 Å². The van der Waals surface area contributed by atoms with E-state index in [1.807, 2.05) is 6.92 Å². The number of halogens is 1. The largest absolute Gasteiger partial charge is 0.464 e. The minimum absolute atomic E-state index is 0.205. The highest BCUT2D eigenvalue weighted by Gasteiger charge is 2.25. The standard InChI is InChI=1S/C15H25ClN4O/c1-4-21-15-18-13(16)17-14(19-15)20(10-9-11(2)3)12-7-5-6-8-12/h11-12H,4-10H2,1-3H3. The third kappa shape index (κ3) is 4.70. The molecule has 1 aliphatic rings. The van der Waals surface area contributed by atoms with Crippen LogP contribution in [-0.2, 0) is 0 Å². The van der Waals surface area contributed by atoms with Gasteiger partial charge in [0.05, 0.1) is 6.61 Å². The Kier molecular flexibility index (Phi) is 6.03. The summed E-state index contributed by atoms with van der Waals surface area (Å²) in [7, 11) is 0. The number of hydrogen-bond donors (Lipinski definition) is 0. The smallest absolute Gasteiger partial charge is 0.322 e. The Bertz CT molecular complexity index is 449. The van der Waals surface area contributed by atoms with Crippen LogP contribution < -0.4 is 9.64 Å². The Morgan fingerprint density at radius 2 is 1.95 bits per heavy atom. The van der Waals surface area contributed by atoms with Gasteiger partial charge < -0.3 is 9.64 Å². The first-order valence-corrected chi connectivity index (χ1v) is 8.29. The summed E-state index contributed by atoms with van der Waals surface area (Å²) in [5.74, 6) is 1.31. The predicted molar refractivity (Wildman–Crippen MR) is 85.1 cm³/mol. The Labute approximate surface area is 132 Å². The molecule has 1 heterocycles. The molecule has 0 aliphatic heterocycles. The Balaban J connectivity index is 2.21. The van der Waals surface area contributed by atoms with Crippen LogP contribution in [0.3, 0.4) is 0 Å². The van der Waals surface area contributed by atoms with Gasteiger partial charge in [0, 0.05) is 12.6 Å². The second-order valence-corrected chi connectivity index (χ2v) is 6.27. The van der Waals surface area contributed by atoms with Gasteiger partial charge in [-0.05, 0) is 43.7 Å². The van der Waals surface area contributed by atoms with E-state index in [0.717, 1.165) is 13.0 Å². The summed E-state index contributed by atoms with van der Waals surface area (Å²) in [4.78, 5) is 15.1. The number of aromatic nitrogens is 3. The topological polar surface area (TPSA) is 51.1 Å². The van der Waals surface area contributed by atoms with E-state index in [4.69, 9.17) is 16.3 Å². The van der Waals surface area contributed by atoms with E-state index in [2.05, 4.69) is 33.7 Å². The Hall–Kier alpha value is -1.10. The molecule has 6 heteroatoms. The first kappa shape index (κ1) is 16.3. The molecule has 1 aliphatic carbocycles. The summed E-state index contributed by atoms with van der Waals surface area (Å²) in [5, 5.41) is 0.205. The van der Waals surface area contributed by atoms with E-state index < -0.39 is 0 Å². The highest BCUT2D eigenvalue weighted by Crippen LogP contribution is 2.28. The van der Waals surface area contributed by atoms with Crippen molar-refractivity contribution in [2.24, 2.45) is 5.92 Å². The van der Waals surface area contributed by atoms with Crippen molar-refractivity contribution in [2.75, 3.05) is 18.1 Å².